The van der Waals surface area contributed by atoms with Crippen molar-refractivity contribution in [2.75, 3.05) is 34.2 Å². The molecule has 1 aromatic heterocycles. The van der Waals surface area contributed by atoms with Gasteiger partial charge in [0.2, 0.25) is 0 Å². The number of hydrogen-bond donors (Lipinski definition) is 1. The lowest BCUT2D eigenvalue weighted by Crippen LogP contribution is -2.34. The smallest absolute Gasteiger partial charge is 0.255 e. The number of aryl methyl sites for hydroxylation is 1. The van der Waals surface area contributed by atoms with Crippen LogP contribution in [0, 0.1) is 6.92 Å². The number of amides is 1. The third-order valence-corrected chi connectivity index (χ3v) is 3.84. The molecule has 1 amide bonds. The molecule has 0 atom stereocenters. The van der Waals surface area contributed by atoms with Gasteiger partial charge in [0, 0.05) is 32.3 Å². The van der Waals surface area contributed by atoms with Gasteiger partial charge in [0.25, 0.3) is 5.91 Å². The van der Waals surface area contributed by atoms with Crippen molar-refractivity contribution in [2.24, 2.45) is 0 Å². The van der Waals surface area contributed by atoms with E-state index in [0.29, 0.717) is 24.2 Å². The van der Waals surface area contributed by atoms with Crippen LogP contribution in [0.3, 0.4) is 0 Å². The van der Waals surface area contributed by atoms with E-state index in [9.17, 15) is 9.59 Å². The van der Waals surface area contributed by atoms with E-state index < -0.39 is 0 Å². The van der Waals surface area contributed by atoms with Crippen LogP contribution in [0.4, 0.5) is 0 Å². The van der Waals surface area contributed by atoms with Crippen molar-refractivity contribution in [3.8, 4) is 0 Å². The van der Waals surface area contributed by atoms with E-state index in [1.807, 2.05) is 33.0 Å². The lowest BCUT2D eigenvalue weighted by Gasteiger charge is -2.21. The van der Waals surface area contributed by atoms with E-state index in [1.54, 1.807) is 4.90 Å². The lowest BCUT2D eigenvalue weighted by molar-refractivity contribution is 0.0784. The first-order chi connectivity index (χ1) is 9.41. The number of nitrogens with zero attached hydrogens (tertiary/aromatic N) is 2. The maximum Gasteiger partial charge on any atom is 0.255 e. The maximum atomic E-state index is 12.6. The monoisotopic (exact) mass is 277 g/mol. The van der Waals surface area contributed by atoms with E-state index in [2.05, 4.69) is 4.98 Å². The topological polar surface area (TPSA) is 56.4 Å². The summed E-state index contributed by atoms with van der Waals surface area (Å²) in [5, 5.41) is 0. The molecule has 1 aliphatic rings. The van der Waals surface area contributed by atoms with Crippen molar-refractivity contribution in [1.29, 1.82) is 0 Å². The van der Waals surface area contributed by atoms with Gasteiger partial charge in [0.1, 0.15) is 0 Å². The van der Waals surface area contributed by atoms with E-state index in [0.717, 1.165) is 30.6 Å². The summed E-state index contributed by atoms with van der Waals surface area (Å²) in [5.41, 5.74) is 3.08. The number of Topliss-reactive ketones (excluding diaryl/α,β-unsaturated/α-hetero) is 1. The molecule has 1 aliphatic carbocycles. The molecule has 0 fully saturated rings. The van der Waals surface area contributed by atoms with Crippen molar-refractivity contribution >= 4 is 11.7 Å². The first kappa shape index (κ1) is 14.8. The fourth-order valence-electron chi connectivity index (χ4n) is 2.65. The summed E-state index contributed by atoms with van der Waals surface area (Å²) in [5.74, 6) is 0.140. The zero-order valence-electron chi connectivity index (χ0n) is 12.7. The summed E-state index contributed by atoms with van der Waals surface area (Å²) in [4.78, 5) is 31.4. The Morgan fingerprint density at radius 2 is 1.90 bits per heavy atom. The molecule has 5 heteroatoms. The number of rotatable bonds is 4. The molecule has 0 aliphatic heterocycles. The van der Waals surface area contributed by atoms with Gasteiger partial charge in [-0.15, -0.1) is 0 Å². The van der Waals surface area contributed by atoms with Crippen LogP contribution in [0.5, 0.6) is 0 Å². The Morgan fingerprint density at radius 3 is 2.55 bits per heavy atom. The summed E-state index contributed by atoms with van der Waals surface area (Å²) in [6.45, 7) is 3.38. The number of carbonyl (C=O) groups is 2. The predicted octanol–water partition coefficient (Wildman–Crippen LogP) is 1.48. The predicted molar refractivity (Wildman–Crippen MR) is 78.3 cm³/mol. The van der Waals surface area contributed by atoms with Gasteiger partial charge in [0.15, 0.2) is 5.78 Å². The Balaban J connectivity index is 2.24. The van der Waals surface area contributed by atoms with Crippen LogP contribution in [0.1, 0.15) is 44.9 Å². The number of likely N-dealkylation sites (N-methyl/N-ethyl adjacent to an activating group) is 2. The number of aromatic amines is 1. The molecule has 110 valence electrons. The quantitative estimate of drug-likeness (QED) is 0.907. The van der Waals surface area contributed by atoms with Crippen LogP contribution >= 0.6 is 0 Å². The summed E-state index contributed by atoms with van der Waals surface area (Å²) in [7, 11) is 5.79. The first-order valence-electron chi connectivity index (χ1n) is 7.06. The number of ketones is 1. The largest absolute Gasteiger partial charge is 0.355 e. The van der Waals surface area contributed by atoms with Gasteiger partial charge in [0.05, 0.1) is 11.3 Å². The molecule has 0 spiro atoms. The molecule has 1 aromatic rings. The average Bonchev–Trinajstić information content (AvgIpc) is 2.73. The summed E-state index contributed by atoms with van der Waals surface area (Å²) in [6, 6.07) is 0. The molecule has 2 rings (SSSR count). The summed E-state index contributed by atoms with van der Waals surface area (Å²) >= 11 is 0. The molecule has 5 nitrogen and oxygen atoms in total. The Kier molecular flexibility index (Phi) is 4.28. The number of nitrogens with one attached hydrogen (secondary N) is 1. The standard InChI is InChI=1S/C15H23N3O2/c1-10-13(15(20)18(4)9-8-17(2)3)11-6-5-7-12(19)14(11)16-10/h16H,5-9H2,1-4H3. The number of fused-ring (bicyclic) bond motifs is 1. The molecule has 0 bridgehead atoms. The minimum absolute atomic E-state index is 0.0107. The van der Waals surface area contributed by atoms with Crippen molar-refractivity contribution in [3.63, 3.8) is 0 Å². The van der Waals surface area contributed by atoms with Crippen LogP contribution in [-0.4, -0.2) is 60.7 Å². The molecule has 0 saturated carbocycles. The summed E-state index contributed by atoms with van der Waals surface area (Å²) < 4.78 is 0. The third-order valence-electron chi connectivity index (χ3n) is 3.84. The van der Waals surface area contributed by atoms with Gasteiger partial charge in [-0.3, -0.25) is 9.59 Å². The highest BCUT2D eigenvalue weighted by atomic mass is 16.2. The summed E-state index contributed by atoms with van der Waals surface area (Å²) in [6.07, 6.45) is 2.23. The van der Waals surface area contributed by atoms with Crippen LogP contribution in [-0.2, 0) is 6.42 Å². The van der Waals surface area contributed by atoms with Crippen molar-refractivity contribution < 1.29 is 9.59 Å². The Morgan fingerprint density at radius 1 is 1.20 bits per heavy atom. The Hall–Kier alpha value is -1.62. The number of aromatic nitrogens is 1. The van der Waals surface area contributed by atoms with E-state index in [1.165, 1.54) is 0 Å². The van der Waals surface area contributed by atoms with Gasteiger partial charge in [-0.1, -0.05) is 0 Å². The van der Waals surface area contributed by atoms with E-state index in [4.69, 9.17) is 0 Å². The minimum Gasteiger partial charge on any atom is -0.355 e. The normalized spacial score (nSPS) is 14.6. The van der Waals surface area contributed by atoms with Gasteiger partial charge >= 0.3 is 0 Å². The van der Waals surface area contributed by atoms with Gasteiger partial charge in [-0.25, -0.2) is 0 Å². The van der Waals surface area contributed by atoms with Crippen molar-refractivity contribution in [1.82, 2.24) is 14.8 Å². The minimum atomic E-state index is 0.0107. The highest BCUT2D eigenvalue weighted by Gasteiger charge is 2.28. The molecule has 0 saturated heterocycles. The molecule has 0 radical (unpaired) electrons. The zero-order valence-corrected chi connectivity index (χ0v) is 12.7. The van der Waals surface area contributed by atoms with Crippen LogP contribution < -0.4 is 0 Å². The van der Waals surface area contributed by atoms with E-state index >= 15 is 0 Å². The van der Waals surface area contributed by atoms with Crippen LogP contribution in [0.2, 0.25) is 0 Å². The number of carbonyl (C=O) groups excluding carboxylic acids is 2. The highest BCUT2D eigenvalue weighted by Crippen LogP contribution is 2.27. The molecule has 1 heterocycles. The number of H-pyrrole nitrogens is 1. The molecule has 0 unspecified atom stereocenters. The Bertz CT molecular complexity index is 531. The van der Waals surface area contributed by atoms with Gasteiger partial charge in [-0.2, -0.15) is 0 Å². The van der Waals surface area contributed by atoms with Crippen molar-refractivity contribution in [2.45, 2.75) is 26.2 Å². The maximum absolute atomic E-state index is 12.6. The lowest BCUT2D eigenvalue weighted by atomic mass is 9.93. The highest BCUT2D eigenvalue weighted by molar-refractivity contribution is 6.04. The van der Waals surface area contributed by atoms with Crippen LogP contribution in [0.15, 0.2) is 0 Å². The average molecular weight is 277 g/mol. The van der Waals surface area contributed by atoms with Gasteiger partial charge < -0.3 is 14.8 Å². The fraction of sp³-hybridized carbons (Fsp3) is 0.600. The molecule has 1 N–H and O–H groups in total. The number of hydrogen-bond acceptors (Lipinski definition) is 3. The molecular formula is C15H23N3O2. The second kappa shape index (κ2) is 5.79. The molecule has 0 aromatic carbocycles. The zero-order chi connectivity index (χ0) is 14.9. The van der Waals surface area contributed by atoms with Crippen molar-refractivity contribution in [3.05, 3.63) is 22.5 Å². The second-order valence-electron chi connectivity index (χ2n) is 5.79. The van der Waals surface area contributed by atoms with Crippen LogP contribution in [0.25, 0.3) is 0 Å². The third kappa shape index (κ3) is 2.77. The SMILES string of the molecule is Cc1[nH]c2c(c1C(=O)N(C)CCN(C)C)CCCC2=O. The Labute approximate surface area is 119 Å². The second-order valence-corrected chi connectivity index (χ2v) is 5.79. The fourth-order valence-corrected chi connectivity index (χ4v) is 2.65. The molecule has 20 heavy (non-hydrogen) atoms. The van der Waals surface area contributed by atoms with Gasteiger partial charge in [-0.05, 0) is 39.4 Å². The van der Waals surface area contributed by atoms with E-state index in [-0.39, 0.29) is 11.7 Å². The first-order valence-corrected chi connectivity index (χ1v) is 7.06. The molecular weight excluding hydrogens is 254 g/mol.